The number of aromatic nitrogens is 1. The first-order valence-electron chi connectivity index (χ1n) is 7.80. The summed E-state index contributed by atoms with van der Waals surface area (Å²) in [5, 5.41) is 13.8. The summed E-state index contributed by atoms with van der Waals surface area (Å²) in [7, 11) is 1.64. The lowest BCUT2D eigenvalue weighted by molar-refractivity contribution is 0.0951. The number of fused-ring (bicyclic) bond motifs is 1. The largest absolute Gasteiger partial charge is 0.507 e. The predicted molar refractivity (Wildman–Crippen MR) is 93.7 cm³/mol. The quantitative estimate of drug-likeness (QED) is 0.675. The van der Waals surface area contributed by atoms with Crippen LogP contribution < -0.4 is 10.1 Å². The zero-order chi connectivity index (χ0) is 17.1. The number of H-pyrrole nitrogens is 1. The van der Waals surface area contributed by atoms with Crippen LogP contribution >= 0.6 is 0 Å². The van der Waals surface area contributed by atoms with Crippen LogP contribution in [0.4, 0.5) is 0 Å². The van der Waals surface area contributed by atoms with E-state index < -0.39 is 0 Å². The fourth-order valence-electron chi connectivity index (χ4n) is 2.74. The Hall–Kier alpha value is -2.95. The lowest BCUT2D eigenvalue weighted by atomic mass is 10.1. The second-order valence-corrected chi connectivity index (χ2v) is 5.75. The van der Waals surface area contributed by atoms with E-state index in [1.807, 2.05) is 37.4 Å². The van der Waals surface area contributed by atoms with Crippen LogP contribution in [0.2, 0.25) is 0 Å². The number of carbonyl (C=O) groups excluding carboxylic acids is 1. The van der Waals surface area contributed by atoms with Gasteiger partial charge in [0.1, 0.15) is 11.5 Å². The second-order valence-electron chi connectivity index (χ2n) is 5.75. The van der Waals surface area contributed by atoms with Crippen LogP contribution in [0.25, 0.3) is 10.9 Å². The number of amides is 1. The summed E-state index contributed by atoms with van der Waals surface area (Å²) in [5.74, 6) is 0.541. The van der Waals surface area contributed by atoms with Gasteiger partial charge in [0.2, 0.25) is 0 Å². The van der Waals surface area contributed by atoms with Gasteiger partial charge in [0.15, 0.2) is 0 Å². The molecule has 0 radical (unpaired) electrons. The van der Waals surface area contributed by atoms with Gasteiger partial charge in [-0.1, -0.05) is 6.07 Å². The average Bonchev–Trinajstić information content (AvgIpc) is 2.97. The zero-order valence-corrected chi connectivity index (χ0v) is 13.7. The molecule has 0 aliphatic carbocycles. The highest BCUT2D eigenvalue weighted by Crippen LogP contribution is 2.23. The maximum Gasteiger partial charge on any atom is 0.255 e. The van der Waals surface area contributed by atoms with E-state index in [2.05, 4.69) is 10.3 Å². The zero-order valence-electron chi connectivity index (χ0n) is 13.7. The number of carbonyl (C=O) groups is 1. The van der Waals surface area contributed by atoms with E-state index in [0.717, 1.165) is 27.8 Å². The monoisotopic (exact) mass is 324 g/mol. The van der Waals surface area contributed by atoms with Gasteiger partial charge in [-0.15, -0.1) is 0 Å². The van der Waals surface area contributed by atoms with E-state index in [1.165, 1.54) is 0 Å². The third-order valence-electron chi connectivity index (χ3n) is 4.05. The lowest BCUT2D eigenvalue weighted by Gasteiger charge is -2.07. The van der Waals surface area contributed by atoms with Crippen molar-refractivity contribution in [1.82, 2.24) is 10.3 Å². The van der Waals surface area contributed by atoms with Crippen LogP contribution in [-0.2, 0) is 6.42 Å². The molecule has 0 atom stereocenters. The standard InChI is InChI=1S/C19H20N2O3/c1-12-3-5-16(18(22)9-12)19(23)20-8-7-13-11-21-17-10-14(24-2)4-6-15(13)17/h3-6,9-11,21-22H,7-8H2,1-2H3,(H,20,23). The molecule has 1 amide bonds. The van der Waals surface area contributed by atoms with Crippen molar-refractivity contribution < 1.29 is 14.6 Å². The van der Waals surface area contributed by atoms with E-state index in [-0.39, 0.29) is 11.7 Å². The van der Waals surface area contributed by atoms with Crippen molar-refractivity contribution in [3.8, 4) is 11.5 Å². The summed E-state index contributed by atoms with van der Waals surface area (Å²) in [4.78, 5) is 15.4. The summed E-state index contributed by atoms with van der Waals surface area (Å²) in [6, 6.07) is 10.9. The number of phenolic OH excluding ortho intramolecular Hbond substituents is 1. The summed E-state index contributed by atoms with van der Waals surface area (Å²) in [5.41, 5.74) is 3.34. The highest BCUT2D eigenvalue weighted by atomic mass is 16.5. The van der Waals surface area contributed by atoms with Crippen LogP contribution in [0.3, 0.4) is 0 Å². The average molecular weight is 324 g/mol. The molecule has 1 heterocycles. The highest BCUT2D eigenvalue weighted by molar-refractivity contribution is 5.96. The van der Waals surface area contributed by atoms with Gasteiger partial charge in [-0.05, 0) is 48.7 Å². The molecule has 0 bridgehead atoms. The SMILES string of the molecule is COc1ccc2c(CCNC(=O)c3ccc(C)cc3O)c[nH]c2c1. The molecule has 0 saturated carbocycles. The summed E-state index contributed by atoms with van der Waals surface area (Å²) >= 11 is 0. The molecule has 0 unspecified atom stereocenters. The first-order chi connectivity index (χ1) is 11.6. The van der Waals surface area contributed by atoms with E-state index in [1.54, 1.807) is 19.2 Å². The van der Waals surface area contributed by atoms with Gasteiger partial charge in [-0.3, -0.25) is 4.79 Å². The lowest BCUT2D eigenvalue weighted by Crippen LogP contribution is -2.25. The third kappa shape index (κ3) is 3.20. The topological polar surface area (TPSA) is 74.3 Å². The Bertz CT molecular complexity index is 883. The van der Waals surface area contributed by atoms with Gasteiger partial charge in [0, 0.05) is 29.7 Å². The highest BCUT2D eigenvalue weighted by Gasteiger charge is 2.11. The molecular weight excluding hydrogens is 304 g/mol. The molecule has 1 aromatic heterocycles. The molecule has 5 heteroatoms. The third-order valence-corrected chi connectivity index (χ3v) is 4.05. The van der Waals surface area contributed by atoms with E-state index in [0.29, 0.717) is 18.5 Å². The number of benzene rings is 2. The van der Waals surface area contributed by atoms with Crippen LogP contribution in [0.1, 0.15) is 21.5 Å². The van der Waals surface area contributed by atoms with Crippen LogP contribution in [0, 0.1) is 6.92 Å². The molecule has 124 valence electrons. The predicted octanol–water partition coefficient (Wildman–Crippen LogP) is 3.16. The Kier molecular flexibility index (Phi) is 4.42. The maximum atomic E-state index is 12.2. The number of nitrogens with one attached hydrogen (secondary N) is 2. The number of aromatic amines is 1. The van der Waals surface area contributed by atoms with Crippen molar-refractivity contribution in [3.05, 3.63) is 59.3 Å². The minimum Gasteiger partial charge on any atom is -0.507 e. The molecule has 5 nitrogen and oxygen atoms in total. The normalized spacial score (nSPS) is 10.8. The Morgan fingerprint density at radius 2 is 2.08 bits per heavy atom. The molecule has 0 aliphatic rings. The number of ether oxygens (including phenoxy) is 1. The first-order valence-corrected chi connectivity index (χ1v) is 7.80. The minimum absolute atomic E-state index is 0.00619. The maximum absolute atomic E-state index is 12.2. The molecule has 0 fully saturated rings. The number of hydrogen-bond acceptors (Lipinski definition) is 3. The van der Waals surface area contributed by atoms with Crippen molar-refractivity contribution in [2.75, 3.05) is 13.7 Å². The van der Waals surface area contributed by atoms with E-state index in [4.69, 9.17) is 4.74 Å². The van der Waals surface area contributed by atoms with Gasteiger partial charge in [0.25, 0.3) is 5.91 Å². The Morgan fingerprint density at radius 1 is 1.25 bits per heavy atom. The van der Waals surface area contributed by atoms with Gasteiger partial charge >= 0.3 is 0 Å². The fraction of sp³-hybridized carbons (Fsp3) is 0.211. The van der Waals surface area contributed by atoms with Crippen molar-refractivity contribution in [2.24, 2.45) is 0 Å². The molecule has 0 saturated heterocycles. The van der Waals surface area contributed by atoms with Crippen molar-refractivity contribution >= 4 is 16.8 Å². The second kappa shape index (κ2) is 6.66. The summed E-state index contributed by atoms with van der Waals surface area (Å²) < 4.78 is 5.21. The number of rotatable bonds is 5. The molecule has 2 aromatic carbocycles. The number of aromatic hydroxyl groups is 1. The molecule has 24 heavy (non-hydrogen) atoms. The van der Waals surface area contributed by atoms with Gasteiger partial charge in [0.05, 0.1) is 12.7 Å². The van der Waals surface area contributed by atoms with Gasteiger partial charge < -0.3 is 20.1 Å². The van der Waals surface area contributed by atoms with Gasteiger partial charge in [-0.2, -0.15) is 0 Å². The summed E-state index contributed by atoms with van der Waals surface area (Å²) in [6.45, 7) is 2.36. The fourth-order valence-corrected chi connectivity index (χ4v) is 2.74. The van der Waals surface area contributed by atoms with E-state index >= 15 is 0 Å². The number of hydrogen-bond donors (Lipinski definition) is 3. The van der Waals surface area contributed by atoms with Crippen molar-refractivity contribution in [2.45, 2.75) is 13.3 Å². The minimum atomic E-state index is -0.269. The first kappa shape index (κ1) is 15.9. The molecule has 3 N–H and O–H groups in total. The Morgan fingerprint density at radius 3 is 2.83 bits per heavy atom. The van der Waals surface area contributed by atoms with Crippen LogP contribution in [0.15, 0.2) is 42.6 Å². The number of methoxy groups -OCH3 is 1. The molecular formula is C19H20N2O3. The smallest absolute Gasteiger partial charge is 0.255 e. The molecule has 0 spiro atoms. The number of phenols is 1. The van der Waals surface area contributed by atoms with Crippen LogP contribution in [-0.4, -0.2) is 29.7 Å². The molecule has 3 rings (SSSR count). The summed E-state index contributed by atoms with van der Waals surface area (Å²) in [6.07, 6.45) is 2.64. The molecule has 0 aliphatic heterocycles. The molecule has 3 aromatic rings. The Balaban J connectivity index is 1.65. The number of aryl methyl sites for hydroxylation is 1. The van der Waals surface area contributed by atoms with Crippen molar-refractivity contribution in [1.29, 1.82) is 0 Å². The van der Waals surface area contributed by atoms with E-state index in [9.17, 15) is 9.90 Å². The Labute approximate surface area is 140 Å². The van der Waals surface area contributed by atoms with Crippen molar-refractivity contribution in [3.63, 3.8) is 0 Å². The van der Waals surface area contributed by atoms with Crippen LogP contribution in [0.5, 0.6) is 11.5 Å². The van der Waals surface area contributed by atoms with Gasteiger partial charge in [-0.25, -0.2) is 0 Å².